The van der Waals surface area contributed by atoms with Gasteiger partial charge in [-0.1, -0.05) is 65.4 Å². The van der Waals surface area contributed by atoms with E-state index in [4.69, 9.17) is 16.3 Å². The van der Waals surface area contributed by atoms with E-state index in [0.717, 1.165) is 11.1 Å². The molecule has 0 spiro atoms. The number of nitrogens with one attached hydrogen (secondary N) is 3. The highest BCUT2D eigenvalue weighted by molar-refractivity contribution is 7.18. The minimum Gasteiger partial charge on any atom is -0.465 e. The van der Waals surface area contributed by atoms with E-state index in [9.17, 15) is 14.4 Å². The lowest BCUT2D eigenvalue weighted by Crippen LogP contribution is -2.50. The fourth-order valence-corrected chi connectivity index (χ4v) is 3.77. The Labute approximate surface area is 199 Å². The van der Waals surface area contributed by atoms with Crippen molar-refractivity contribution in [3.05, 3.63) is 65.2 Å². The number of halogens is 1. The van der Waals surface area contributed by atoms with Gasteiger partial charge in [0.2, 0.25) is 11.0 Å². The van der Waals surface area contributed by atoms with E-state index in [-0.39, 0.29) is 24.7 Å². The van der Waals surface area contributed by atoms with Gasteiger partial charge in [0.1, 0.15) is 17.6 Å². The largest absolute Gasteiger partial charge is 0.465 e. The lowest BCUT2D eigenvalue weighted by Gasteiger charge is -2.18. The van der Waals surface area contributed by atoms with Crippen molar-refractivity contribution < 1.29 is 19.1 Å². The maximum absolute atomic E-state index is 13.0. The summed E-state index contributed by atoms with van der Waals surface area (Å²) in [6.07, 6.45) is 0.236. The van der Waals surface area contributed by atoms with Crippen molar-refractivity contribution in [3.63, 3.8) is 0 Å². The van der Waals surface area contributed by atoms with Gasteiger partial charge < -0.3 is 15.4 Å². The number of amides is 3. The molecule has 3 amide bonds. The third-order valence-electron chi connectivity index (χ3n) is 4.33. The quantitative estimate of drug-likeness (QED) is 0.398. The fraction of sp³-hybridized carbons (Fsp3) is 0.227. The van der Waals surface area contributed by atoms with Crippen LogP contribution in [0.1, 0.15) is 12.5 Å². The van der Waals surface area contributed by atoms with Gasteiger partial charge in [0.05, 0.1) is 6.61 Å². The van der Waals surface area contributed by atoms with Crippen molar-refractivity contribution in [2.75, 3.05) is 18.5 Å². The van der Waals surface area contributed by atoms with Crippen LogP contribution in [0.4, 0.5) is 9.93 Å². The number of aromatic nitrogens is 2. The van der Waals surface area contributed by atoms with Crippen LogP contribution < -0.4 is 16.0 Å². The summed E-state index contributed by atoms with van der Waals surface area (Å²) < 4.78 is 4.78. The number of hydrogen-bond donors (Lipinski definition) is 3. The summed E-state index contributed by atoms with van der Waals surface area (Å²) in [6, 6.07) is 14.8. The maximum Gasteiger partial charge on any atom is 0.325 e. The molecule has 33 heavy (non-hydrogen) atoms. The Balaban J connectivity index is 1.68. The number of rotatable bonds is 9. The number of hydrogen-bond acceptors (Lipinski definition) is 7. The van der Waals surface area contributed by atoms with Crippen molar-refractivity contribution >= 4 is 46.0 Å². The average Bonchev–Trinajstić information content (AvgIpc) is 3.27. The molecule has 0 saturated heterocycles. The van der Waals surface area contributed by atoms with Crippen molar-refractivity contribution in [3.8, 4) is 10.6 Å². The molecule has 3 rings (SSSR count). The molecule has 0 aliphatic rings. The van der Waals surface area contributed by atoms with E-state index < -0.39 is 23.9 Å². The second-order valence-corrected chi connectivity index (χ2v) is 8.20. The molecule has 3 aromatic rings. The zero-order valence-electron chi connectivity index (χ0n) is 17.7. The lowest BCUT2D eigenvalue weighted by atomic mass is 10.1. The molecule has 1 heterocycles. The Kier molecular flexibility index (Phi) is 8.73. The van der Waals surface area contributed by atoms with Crippen molar-refractivity contribution in [1.82, 2.24) is 20.8 Å². The number of carbonyl (C=O) groups is 3. The van der Waals surface area contributed by atoms with Gasteiger partial charge >= 0.3 is 12.0 Å². The number of carbonyl (C=O) groups excluding carboxylic acids is 3. The van der Waals surface area contributed by atoms with Gasteiger partial charge in [-0.2, -0.15) is 0 Å². The Hall–Kier alpha value is -3.50. The van der Waals surface area contributed by atoms with Crippen molar-refractivity contribution in [2.45, 2.75) is 19.4 Å². The summed E-state index contributed by atoms with van der Waals surface area (Å²) in [5.41, 5.74) is 1.62. The first-order valence-electron chi connectivity index (χ1n) is 10.1. The van der Waals surface area contributed by atoms with Gasteiger partial charge in [-0.05, 0) is 24.6 Å². The van der Waals surface area contributed by atoms with Crippen LogP contribution in [0.15, 0.2) is 54.6 Å². The first-order valence-corrected chi connectivity index (χ1v) is 11.3. The normalized spacial score (nSPS) is 11.3. The fourth-order valence-electron chi connectivity index (χ4n) is 2.84. The van der Waals surface area contributed by atoms with E-state index >= 15 is 0 Å². The Bertz CT molecular complexity index is 1110. The van der Waals surface area contributed by atoms with Crippen LogP contribution in [-0.2, 0) is 20.7 Å². The molecule has 172 valence electrons. The number of nitrogens with zero attached hydrogens (tertiary/aromatic N) is 2. The zero-order chi connectivity index (χ0) is 23.6. The molecule has 11 heteroatoms. The SMILES string of the molecule is CCOC(=O)CNC(=O)NC(Cc1ccccc1)C(=O)Nc1nnc(-c2cccc(Cl)c2)s1. The summed E-state index contributed by atoms with van der Waals surface area (Å²) >= 11 is 7.21. The molecule has 0 saturated carbocycles. The van der Waals surface area contributed by atoms with Crippen LogP contribution in [0.3, 0.4) is 0 Å². The van der Waals surface area contributed by atoms with E-state index in [0.29, 0.717) is 10.0 Å². The van der Waals surface area contributed by atoms with Crippen LogP contribution in [0.2, 0.25) is 5.02 Å². The van der Waals surface area contributed by atoms with Gasteiger partial charge in [0.25, 0.3) is 0 Å². The van der Waals surface area contributed by atoms with Crippen molar-refractivity contribution in [2.24, 2.45) is 0 Å². The van der Waals surface area contributed by atoms with Crippen LogP contribution >= 0.6 is 22.9 Å². The minimum absolute atomic E-state index is 0.209. The average molecular weight is 488 g/mol. The second kappa shape index (κ2) is 11.9. The van der Waals surface area contributed by atoms with E-state index in [1.165, 1.54) is 11.3 Å². The standard InChI is InChI=1S/C22H22ClN5O4S/c1-2-32-18(29)13-24-21(31)25-17(11-14-7-4-3-5-8-14)19(30)26-22-28-27-20(33-22)15-9-6-10-16(23)12-15/h3-10,12,17H,2,11,13H2,1H3,(H2,24,25,31)(H,26,28,30). The topological polar surface area (TPSA) is 122 Å². The predicted octanol–water partition coefficient (Wildman–Crippen LogP) is 3.27. The lowest BCUT2D eigenvalue weighted by molar-refractivity contribution is -0.141. The summed E-state index contributed by atoms with van der Waals surface area (Å²) in [5, 5.41) is 17.2. The molecule has 1 unspecified atom stereocenters. The smallest absolute Gasteiger partial charge is 0.325 e. The highest BCUT2D eigenvalue weighted by Gasteiger charge is 2.23. The highest BCUT2D eigenvalue weighted by Crippen LogP contribution is 2.28. The highest BCUT2D eigenvalue weighted by atomic mass is 35.5. The molecule has 3 N–H and O–H groups in total. The third-order valence-corrected chi connectivity index (χ3v) is 5.45. The molecule has 1 atom stereocenters. The Morgan fingerprint density at radius 1 is 1.09 bits per heavy atom. The number of ether oxygens (including phenoxy) is 1. The van der Waals surface area contributed by atoms with Crippen LogP contribution in [0.5, 0.6) is 0 Å². The number of benzene rings is 2. The first-order chi connectivity index (χ1) is 15.9. The summed E-state index contributed by atoms with van der Waals surface area (Å²) in [5.74, 6) is -1.04. The van der Waals surface area contributed by atoms with Crippen LogP contribution in [0.25, 0.3) is 10.6 Å². The van der Waals surface area contributed by atoms with Gasteiger partial charge in [-0.3, -0.25) is 14.9 Å². The Morgan fingerprint density at radius 3 is 2.61 bits per heavy atom. The second-order valence-electron chi connectivity index (χ2n) is 6.79. The monoisotopic (exact) mass is 487 g/mol. The van der Waals surface area contributed by atoms with Gasteiger partial charge in [0.15, 0.2) is 0 Å². The van der Waals surface area contributed by atoms with Gasteiger partial charge in [-0.15, -0.1) is 10.2 Å². The van der Waals surface area contributed by atoms with E-state index in [1.807, 2.05) is 36.4 Å². The molecule has 0 aliphatic carbocycles. The summed E-state index contributed by atoms with van der Waals surface area (Å²) in [7, 11) is 0. The summed E-state index contributed by atoms with van der Waals surface area (Å²) in [4.78, 5) is 36.7. The minimum atomic E-state index is -0.923. The molecule has 0 radical (unpaired) electrons. The molecule has 9 nitrogen and oxygen atoms in total. The molecule has 0 bridgehead atoms. The predicted molar refractivity (Wildman–Crippen MR) is 126 cm³/mol. The molecular formula is C22H22ClN5O4S. The van der Waals surface area contributed by atoms with Crippen LogP contribution in [0, 0.1) is 0 Å². The number of urea groups is 1. The van der Waals surface area contributed by atoms with E-state index in [1.54, 1.807) is 25.1 Å². The summed E-state index contributed by atoms with van der Waals surface area (Å²) in [6.45, 7) is 1.57. The first kappa shape index (κ1) is 24.1. The third kappa shape index (κ3) is 7.55. The van der Waals surface area contributed by atoms with E-state index in [2.05, 4.69) is 26.1 Å². The molecule has 0 fully saturated rings. The number of anilines is 1. The van der Waals surface area contributed by atoms with Gasteiger partial charge in [0, 0.05) is 17.0 Å². The number of esters is 1. The van der Waals surface area contributed by atoms with Crippen LogP contribution in [-0.4, -0.2) is 47.3 Å². The van der Waals surface area contributed by atoms with Crippen molar-refractivity contribution in [1.29, 1.82) is 0 Å². The molecule has 1 aromatic heterocycles. The maximum atomic E-state index is 13.0. The zero-order valence-corrected chi connectivity index (χ0v) is 19.3. The molecule has 0 aliphatic heterocycles. The molecular weight excluding hydrogens is 466 g/mol. The Morgan fingerprint density at radius 2 is 1.88 bits per heavy atom. The van der Waals surface area contributed by atoms with Gasteiger partial charge in [-0.25, -0.2) is 4.79 Å². The molecule has 2 aromatic carbocycles.